The number of para-hydroxylation sites is 1. The number of anilines is 1. The highest BCUT2D eigenvalue weighted by Gasteiger charge is 2.16. The van der Waals surface area contributed by atoms with Crippen LogP contribution >= 0.6 is 0 Å². The summed E-state index contributed by atoms with van der Waals surface area (Å²) in [4.78, 5) is 18.7. The fourth-order valence-electron chi connectivity index (χ4n) is 3.76. The molecule has 2 aromatic carbocycles. The van der Waals surface area contributed by atoms with Crippen LogP contribution in [-0.4, -0.2) is 35.4 Å². The van der Waals surface area contributed by atoms with Gasteiger partial charge in [-0.3, -0.25) is 4.79 Å². The van der Waals surface area contributed by atoms with Crippen LogP contribution in [-0.2, 0) is 6.42 Å². The first kappa shape index (κ1) is 16.9. The molecule has 4 nitrogen and oxygen atoms in total. The number of likely N-dealkylation sites (tertiary alicyclic amines) is 1. The SMILES string of the molecule is O=C(Nc1c(CCN2CCCCC2)[nH]c2ccccc12)c1ccccc1. The minimum absolute atomic E-state index is 0.0606. The first-order chi connectivity index (χ1) is 12.8. The molecular formula is C22H25N3O. The van der Waals surface area contributed by atoms with Gasteiger partial charge in [-0.25, -0.2) is 0 Å². The monoisotopic (exact) mass is 347 g/mol. The van der Waals surface area contributed by atoms with Gasteiger partial charge in [0, 0.05) is 35.1 Å². The van der Waals surface area contributed by atoms with Gasteiger partial charge in [-0.15, -0.1) is 0 Å². The van der Waals surface area contributed by atoms with Gasteiger partial charge in [-0.05, 0) is 44.1 Å². The lowest BCUT2D eigenvalue weighted by Gasteiger charge is -2.26. The minimum Gasteiger partial charge on any atom is -0.357 e. The quantitative estimate of drug-likeness (QED) is 0.716. The molecule has 0 radical (unpaired) electrons. The van der Waals surface area contributed by atoms with Crippen LogP contribution in [0.2, 0.25) is 0 Å². The van der Waals surface area contributed by atoms with E-state index in [9.17, 15) is 4.79 Å². The number of nitrogens with one attached hydrogen (secondary N) is 2. The van der Waals surface area contributed by atoms with Crippen molar-refractivity contribution in [2.45, 2.75) is 25.7 Å². The molecule has 1 aliphatic rings. The average Bonchev–Trinajstić information content (AvgIpc) is 3.05. The molecule has 2 heterocycles. The number of piperidine rings is 1. The molecule has 0 atom stereocenters. The van der Waals surface area contributed by atoms with Crippen molar-refractivity contribution in [1.82, 2.24) is 9.88 Å². The topological polar surface area (TPSA) is 48.1 Å². The number of hydrogen-bond acceptors (Lipinski definition) is 2. The zero-order chi connectivity index (χ0) is 17.8. The van der Waals surface area contributed by atoms with E-state index >= 15 is 0 Å². The second-order valence-electron chi connectivity index (χ2n) is 7.00. The number of carbonyl (C=O) groups excluding carboxylic acids is 1. The molecule has 3 aromatic rings. The number of nitrogens with zero attached hydrogens (tertiary/aromatic N) is 1. The number of hydrogen-bond donors (Lipinski definition) is 2. The Hall–Kier alpha value is -2.59. The highest BCUT2D eigenvalue weighted by Crippen LogP contribution is 2.29. The third-order valence-electron chi connectivity index (χ3n) is 5.18. The molecule has 1 fully saturated rings. The molecule has 134 valence electrons. The first-order valence-corrected chi connectivity index (χ1v) is 9.49. The fourth-order valence-corrected chi connectivity index (χ4v) is 3.76. The smallest absolute Gasteiger partial charge is 0.255 e. The standard InChI is InChI=1S/C22H25N3O/c26-22(17-9-3-1-4-10-17)24-21-18-11-5-6-12-19(18)23-20(21)13-16-25-14-7-2-8-15-25/h1,3-6,9-12,23H,2,7-8,13-16H2,(H,24,26). The Morgan fingerprint density at radius 1 is 0.962 bits per heavy atom. The highest BCUT2D eigenvalue weighted by atomic mass is 16.1. The Balaban J connectivity index is 1.58. The molecule has 1 saturated heterocycles. The van der Waals surface area contributed by atoms with Crippen LogP contribution < -0.4 is 5.32 Å². The predicted octanol–water partition coefficient (Wildman–Crippen LogP) is 4.45. The molecule has 4 rings (SSSR count). The highest BCUT2D eigenvalue weighted by molar-refractivity contribution is 6.09. The van der Waals surface area contributed by atoms with E-state index in [0.717, 1.165) is 35.2 Å². The molecule has 2 N–H and O–H groups in total. The molecule has 4 heteroatoms. The fraction of sp³-hybridized carbons (Fsp3) is 0.318. The molecule has 1 aromatic heterocycles. The lowest BCUT2D eigenvalue weighted by Crippen LogP contribution is -2.31. The van der Waals surface area contributed by atoms with E-state index in [1.807, 2.05) is 42.5 Å². The largest absolute Gasteiger partial charge is 0.357 e. The summed E-state index contributed by atoms with van der Waals surface area (Å²) in [5, 5.41) is 4.22. The maximum Gasteiger partial charge on any atom is 0.255 e. The number of amides is 1. The summed E-state index contributed by atoms with van der Waals surface area (Å²) >= 11 is 0. The number of aromatic amines is 1. The predicted molar refractivity (Wildman–Crippen MR) is 107 cm³/mol. The van der Waals surface area contributed by atoms with Crippen LogP contribution in [0.25, 0.3) is 10.9 Å². The van der Waals surface area contributed by atoms with E-state index in [4.69, 9.17) is 0 Å². The van der Waals surface area contributed by atoms with Crippen molar-refractivity contribution in [2.75, 3.05) is 25.0 Å². The van der Waals surface area contributed by atoms with Crippen LogP contribution in [0.5, 0.6) is 0 Å². The normalized spacial score (nSPS) is 15.2. The maximum absolute atomic E-state index is 12.7. The van der Waals surface area contributed by atoms with Gasteiger partial charge in [-0.1, -0.05) is 42.8 Å². The lowest BCUT2D eigenvalue weighted by atomic mass is 10.1. The zero-order valence-electron chi connectivity index (χ0n) is 15.0. The van der Waals surface area contributed by atoms with E-state index in [-0.39, 0.29) is 5.91 Å². The summed E-state index contributed by atoms with van der Waals surface area (Å²) in [6.45, 7) is 3.40. The number of H-pyrrole nitrogens is 1. The molecular weight excluding hydrogens is 322 g/mol. The van der Waals surface area contributed by atoms with Crippen molar-refractivity contribution < 1.29 is 4.79 Å². The number of benzene rings is 2. The van der Waals surface area contributed by atoms with Crippen LogP contribution in [0.15, 0.2) is 54.6 Å². The first-order valence-electron chi connectivity index (χ1n) is 9.49. The van der Waals surface area contributed by atoms with Gasteiger partial charge < -0.3 is 15.2 Å². The average molecular weight is 347 g/mol. The number of carbonyl (C=O) groups is 1. The van der Waals surface area contributed by atoms with Gasteiger partial charge in [0.15, 0.2) is 0 Å². The molecule has 26 heavy (non-hydrogen) atoms. The lowest BCUT2D eigenvalue weighted by molar-refractivity contribution is 0.102. The Bertz CT molecular complexity index is 879. The molecule has 1 amide bonds. The maximum atomic E-state index is 12.7. The van der Waals surface area contributed by atoms with Crippen molar-refractivity contribution in [1.29, 1.82) is 0 Å². The summed E-state index contributed by atoms with van der Waals surface area (Å²) in [5.41, 5.74) is 3.79. The molecule has 0 saturated carbocycles. The summed E-state index contributed by atoms with van der Waals surface area (Å²) in [7, 11) is 0. The van der Waals surface area contributed by atoms with Crippen molar-refractivity contribution in [3.63, 3.8) is 0 Å². The Morgan fingerprint density at radius 3 is 2.50 bits per heavy atom. The number of fused-ring (bicyclic) bond motifs is 1. The second kappa shape index (κ2) is 7.75. The van der Waals surface area contributed by atoms with Gasteiger partial charge in [0.25, 0.3) is 5.91 Å². The van der Waals surface area contributed by atoms with Gasteiger partial charge >= 0.3 is 0 Å². The van der Waals surface area contributed by atoms with Gasteiger partial charge in [0.1, 0.15) is 0 Å². The zero-order valence-corrected chi connectivity index (χ0v) is 15.0. The third-order valence-corrected chi connectivity index (χ3v) is 5.18. The van der Waals surface area contributed by atoms with Crippen molar-refractivity contribution in [3.8, 4) is 0 Å². The van der Waals surface area contributed by atoms with Gasteiger partial charge in [0.05, 0.1) is 5.69 Å². The minimum atomic E-state index is -0.0606. The molecule has 0 aliphatic carbocycles. The van der Waals surface area contributed by atoms with Gasteiger partial charge in [0.2, 0.25) is 0 Å². The molecule has 0 spiro atoms. The molecule has 1 aliphatic heterocycles. The van der Waals surface area contributed by atoms with Crippen molar-refractivity contribution in [2.24, 2.45) is 0 Å². The summed E-state index contributed by atoms with van der Waals surface area (Å²) in [5.74, 6) is -0.0606. The van der Waals surface area contributed by atoms with E-state index < -0.39 is 0 Å². The summed E-state index contributed by atoms with van der Waals surface area (Å²) in [6.07, 6.45) is 4.86. The summed E-state index contributed by atoms with van der Waals surface area (Å²) < 4.78 is 0. The molecule has 0 bridgehead atoms. The van der Waals surface area contributed by atoms with Gasteiger partial charge in [-0.2, -0.15) is 0 Å². The molecule has 0 unspecified atom stereocenters. The van der Waals surface area contributed by atoms with E-state index in [2.05, 4.69) is 27.3 Å². The Morgan fingerprint density at radius 2 is 1.69 bits per heavy atom. The number of rotatable bonds is 5. The van der Waals surface area contributed by atoms with E-state index in [1.54, 1.807) is 0 Å². The Labute approximate surface area is 154 Å². The number of aromatic nitrogens is 1. The van der Waals surface area contributed by atoms with Crippen molar-refractivity contribution in [3.05, 3.63) is 65.9 Å². The van der Waals surface area contributed by atoms with Crippen LogP contribution in [0, 0.1) is 0 Å². The Kier molecular flexibility index (Phi) is 5.02. The third kappa shape index (κ3) is 3.65. The van der Waals surface area contributed by atoms with Crippen LogP contribution in [0.4, 0.5) is 5.69 Å². The van der Waals surface area contributed by atoms with E-state index in [1.165, 1.54) is 32.4 Å². The van der Waals surface area contributed by atoms with E-state index in [0.29, 0.717) is 5.56 Å². The van der Waals surface area contributed by atoms with Crippen molar-refractivity contribution >= 4 is 22.5 Å². The van der Waals surface area contributed by atoms with Crippen LogP contribution in [0.1, 0.15) is 35.3 Å². The summed E-state index contributed by atoms with van der Waals surface area (Å²) in [6, 6.07) is 17.6. The second-order valence-corrected chi connectivity index (χ2v) is 7.00. The van der Waals surface area contributed by atoms with Crippen LogP contribution in [0.3, 0.4) is 0 Å².